The van der Waals surface area contributed by atoms with Crippen molar-refractivity contribution in [2.75, 3.05) is 23.0 Å². The summed E-state index contributed by atoms with van der Waals surface area (Å²) < 4.78 is 67.8. The van der Waals surface area contributed by atoms with Crippen LogP contribution in [0.3, 0.4) is 0 Å². The Kier molecular flexibility index (Phi) is 9.70. The molecule has 3 heterocycles. The molecule has 0 saturated heterocycles. The van der Waals surface area contributed by atoms with Crippen molar-refractivity contribution in [2.45, 2.75) is 53.0 Å². The molecule has 9 nitrogen and oxygen atoms in total. The van der Waals surface area contributed by atoms with Crippen LogP contribution in [0.4, 0.5) is 5.69 Å². The second kappa shape index (κ2) is 12.5. The normalized spacial score (nSPS) is 15.6. The number of fused-ring (bicyclic) bond motifs is 2. The van der Waals surface area contributed by atoms with Gasteiger partial charge in [0, 0.05) is 0 Å². The third-order valence-electron chi connectivity index (χ3n) is 6.13. The van der Waals surface area contributed by atoms with Gasteiger partial charge in [0.05, 0.1) is 0 Å². The van der Waals surface area contributed by atoms with Gasteiger partial charge in [-0.25, -0.2) is 0 Å². The number of aromatic nitrogens is 2. The van der Waals surface area contributed by atoms with Gasteiger partial charge in [0.1, 0.15) is 0 Å². The second-order valence-corrected chi connectivity index (χ2v) is 16.9. The van der Waals surface area contributed by atoms with Crippen molar-refractivity contribution < 1.29 is 30.5 Å². The average Bonchev–Trinajstić information content (AvgIpc) is 3.45. The number of unbranched alkanes of at least 4 members (excludes halogenated alkanes) is 1. The third kappa shape index (κ3) is 8.20. The average molecular weight is 678 g/mol. The van der Waals surface area contributed by atoms with Crippen LogP contribution in [0, 0.1) is 13.8 Å². The van der Waals surface area contributed by atoms with Crippen LogP contribution in [0.15, 0.2) is 34.4 Å². The molecule has 0 saturated carbocycles. The van der Waals surface area contributed by atoms with Gasteiger partial charge >= 0.3 is 245 Å². The van der Waals surface area contributed by atoms with Gasteiger partial charge in [-0.05, 0) is 0 Å². The van der Waals surface area contributed by atoms with E-state index in [0.29, 0.717) is 32.4 Å². The van der Waals surface area contributed by atoms with E-state index >= 15 is 0 Å². The van der Waals surface area contributed by atoms with Gasteiger partial charge in [0.25, 0.3) is 0 Å². The molecule has 0 fully saturated rings. The number of aryl methyl sites for hydroxylation is 3. The Hall–Kier alpha value is -1.64. The van der Waals surface area contributed by atoms with Gasteiger partial charge in [-0.15, -0.1) is 0 Å². The molecule has 3 aromatic rings. The predicted molar refractivity (Wildman–Crippen MR) is 159 cm³/mol. The summed E-state index contributed by atoms with van der Waals surface area (Å²) in [6, 6.07) is 6.44. The quantitative estimate of drug-likeness (QED) is 0.129. The predicted octanol–water partition coefficient (Wildman–Crippen LogP) is 3.69. The minimum atomic E-state index is -4.03. The van der Waals surface area contributed by atoms with Crippen LogP contribution in [0.2, 0.25) is 0 Å². The van der Waals surface area contributed by atoms with E-state index in [4.69, 9.17) is 4.55 Å². The number of nitrogens with zero attached hydrogens (tertiary/aromatic N) is 3. The number of anilines is 1. The molecule has 0 spiro atoms. The summed E-state index contributed by atoms with van der Waals surface area (Å²) in [5, 5.41) is 1.92. The number of hydrogen-bond acceptors (Lipinski definition) is 8. The summed E-state index contributed by atoms with van der Waals surface area (Å²) >= 11 is 3.22. The molecule has 0 amide bonds. The van der Waals surface area contributed by atoms with E-state index in [1.54, 1.807) is 22.7 Å². The summed E-state index contributed by atoms with van der Waals surface area (Å²) in [5.74, 6) is -0.540. The number of benzene rings is 1. The first-order valence-corrected chi connectivity index (χ1v) is 19.1. The molecule has 0 bridgehead atoms. The summed E-state index contributed by atoms with van der Waals surface area (Å²) in [6.07, 6.45) is 6.45. The van der Waals surface area contributed by atoms with Crippen molar-refractivity contribution in [3.05, 3.63) is 50.0 Å². The fourth-order valence-corrected chi connectivity index (χ4v) is 10.0. The Bertz CT molecular complexity index is 1640. The Morgan fingerprint density at radius 3 is 2.49 bits per heavy atom. The van der Waals surface area contributed by atoms with Crippen LogP contribution in [0.25, 0.3) is 15.7 Å². The molecule has 0 unspecified atom stereocenters. The molecule has 1 aromatic carbocycles. The maximum atomic E-state index is 11.3. The first kappa shape index (κ1) is 30.3. The van der Waals surface area contributed by atoms with Crippen molar-refractivity contribution in [2.24, 2.45) is 0 Å². The van der Waals surface area contributed by atoms with Crippen LogP contribution in [-0.2, 0) is 26.8 Å². The summed E-state index contributed by atoms with van der Waals surface area (Å²) in [5.41, 5.74) is 3.43. The third-order valence-corrected chi connectivity index (χ3v) is 12.2. The van der Waals surface area contributed by atoms with Gasteiger partial charge in [-0.3, -0.25) is 0 Å². The van der Waals surface area contributed by atoms with E-state index in [9.17, 15) is 21.4 Å². The number of allylic oxidation sites excluding steroid dienone is 2. The molecule has 1 aliphatic heterocycles. The maximum absolute atomic E-state index is 11.3. The van der Waals surface area contributed by atoms with Crippen molar-refractivity contribution in [1.82, 2.24) is 4.98 Å². The molecule has 0 radical (unpaired) electrons. The van der Waals surface area contributed by atoms with Gasteiger partial charge in [-0.1, -0.05) is 0 Å². The van der Waals surface area contributed by atoms with E-state index in [-0.39, 0.29) is 26.5 Å². The molecule has 2 N–H and O–H groups in total. The summed E-state index contributed by atoms with van der Waals surface area (Å²) in [4.78, 5) is 8.81. The molecular formula is C25H32N3O6S4Se+. The Morgan fingerprint density at radius 1 is 1.08 bits per heavy atom. The van der Waals surface area contributed by atoms with E-state index < -0.39 is 20.2 Å². The van der Waals surface area contributed by atoms with E-state index in [2.05, 4.69) is 58.6 Å². The van der Waals surface area contributed by atoms with Crippen LogP contribution < -0.4 is 13.9 Å². The number of thiazole rings is 2. The molecule has 212 valence electrons. The van der Waals surface area contributed by atoms with E-state index in [1.165, 1.54) is 9.06 Å². The first-order valence-electron chi connectivity index (χ1n) is 12.5. The fraction of sp³-hybridized carbons (Fsp3) is 0.440. The molecule has 14 heteroatoms. The van der Waals surface area contributed by atoms with Crippen molar-refractivity contribution in [1.29, 1.82) is 0 Å². The van der Waals surface area contributed by atoms with Crippen LogP contribution in [0.5, 0.6) is 0 Å². The van der Waals surface area contributed by atoms with E-state index in [1.807, 2.05) is 6.92 Å². The molecule has 39 heavy (non-hydrogen) atoms. The minimum absolute atomic E-state index is 0.0836. The molecule has 0 atom stereocenters. The molecular weight excluding hydrogens is 646 g/mol. The summed E-state index contributed by atoms with van der Waals surface area (Å²) in [7, 11) is -8.01. The van der Waals surface area contributed by atoms with Crippen LogP contribution in [0.1, 0.15) is 48.2 Å². The SMILES string of the molecule is CCC(=Cc1sc2nc(C)sc2[n+]1CCCS(=O)(=O)O)C=C1[Se]c2ccc(C)cc2N1CCCCS(=O)(=O)O. The van der Waals surface area contributed by atoms with Crippen LogP contribution >= 0.6 is 22.7 Å². The summed E-state index contributed by atoms with van der Waals surface area (Å²) in [6.45, 7) is 7.21. The fourth-order valence-electron chi connectivity index (χ4n) is 4.28. The Morgan fingerprint density at radius 2 is 1.79 bits per heavy atom. The second-order valence-electron chi connectivity index (χ2n) is 9.35. The van der Waals surface area contributed by atoms with E-state index in [0.717, 1.165) is 42.9 Å². The zero-order chi connectivity index (χ0) is 28.4. The molecule has 0 aliphatic carbocycles. The van der Waals surface area contributed by atoms with Gasteiger partial charge in [0.15, 0.2) is 0 Å². The zero-order valence-corrected chi connectivity index (χ0v) is 26.9. The van der Waals surface area contributed by atoms with Gasteiger partial charge < -0.3 is 0 Å². The molecule has 1 aliphatic rings. The topological polar surface area (TPSA) is 129 Å². The molecule has 2 aromatic heterocycles. The van der Waals surface area contributed by atoms with Gasteiger partial charge in [0.2, 0.25) is 0 Å². The Balaban J connectivity index is 1.65. The standard InChI is InChI=1S/C25H31N3O6S4Se/c1-4-19(15-22-28(11-7-13-38(32,33)34)25-24(36-22)26-18(3)35-25)16-23-27(10-5-6-12-37(29,30)31)20-14-17(2)8-9-21(20)39-23/h8-9,14-16H,4-7,10-13H2,1-3H3,(H-,29,30,31,32,33,34)/p+1. The van der Waals surface area contributed by atoms with Crippen molar-refractivity contribution in [3.63, 3.8) is 0 Å². The number of hydrogen-bond donors (Lipinski definition) is 2. The zero-order valence-electron chi connectivity index (χ0n) is 22.0. The molecule has 4 rings (SSSR count). The monoisotopic (exact) mass is 678 g/mol. The Labute approximate surface area is 243 Å². The van der Waals surface area contributed by atoms with Crippen molar-refractivity contribution in [3.8, 4) is 0 Å². The van der Waals surface area contributed by atoms with Crippen LogP contribution in [-0.4, -0.2) is 63.9 Å². The van der Waals surface area contributed by atoms with Crippen molar-refractivity contribution >= 4 is 83.8 Å². The number of rotatable bonds is 12. The first-order chi connectivity index (χ1) is 18.3. The van der Waals surface area contributed by atoms with Gasteiger partial charge in [-0.2, -0.15) is 0 Å².